The van der Waals surface area contributed by atoms with Gasteiger partial charge in [-0.2, -0.15) is 0 Å². The number of carbonyl (C=O) groups is 2. The van der Waals surface area contributed by atoms with E-state index >= 15 is 0 Å². The van der Waals surface area contributed by atoms with Crippen molar-refractivity contribution < 1.29 is 30.0 Å². The highest BCUT2D eigenvalue weighted by molar-refractivity contribution is 6.30. The molecule has 0 aromatic heterocycles. The highest BCUT2D eigenvalue weighted by atomic mass is 16.3. The second-order valence-corrected chi connectivity index (χ2v) is 5.15. The fourth-order valence-electron chi connectivity index (χ4n) is 2.78. The van der Waals surface area contributed by atoms with Gasteiger partial charge in [-0.25, -0.2) is 0 Å². The minimum Gasteiger partial charge on any atom is -0.508 e. The van der Waals surface area contributed by atoms with Gasteiger partial charge in [0.1, 0.15) is 17.2 Å². The molecule has 6 nitrogen and oxygen atoms in total. The summed E-state index contributed by atoms with van der Waals surface area (Å²) in [4.78, 5) is 25.1. The average molecular weight is 300 g/mol. The summed E-state index contributed by atoms with van der Waals surface area (Å²) in [5.74, 6) is -2.40. The summed E-state index contributed by atoms with van der Waals surface area (Å²) in [7, 11) is 0. The molecule has 0 unspecified atom stereocenters. The molecule has 0 fully saturated rings. The van der Waals surface area contributed by atoms with Gasteiger partial charge in [-0.1, -0.05) is 0 Å². The predicted octanol–water partition coefficient (Wildman–Crippen LogP) is 1.38. The molecule has 0 saturated heterocycles. The van der Waals surface area contributed by atoms with E-state index in [2.05, 4.69) is 0 Å². The largest absolute Gasteiger partial charge is 0.508 e. The van der Waals surface area contributed by atoms with Crippen molar-refractivity contribution in [1.29, 1.82) is 0 Å². The second-order valence-electron chi connectivity index (χ2n) is 5.15. The number of aliphatic hydroxyl groups excluding tert-OH is 1. The Morgan fingerprint density at radius 1 is 0.909 bits per heavy atom. The fourth-order valence-corrected chi connectivity index (χ4v) is 2.78. The molecule has 3 rings (SSSR count). The van der Waals surface area contributed by atoms with Gasteiger partial charge < -0.3 is 20.4 Å². The lowest BCUT2D eigenvalue weighted by Gasteiger charge is -2.21. The fraction of sp³-hybridized carbons (Fsp3) is 0.125. The van der Waals surface area contributed by atoms with Gasteiger partial charge in [-0.15, -0.1) is 0 Å². The molecule has 6 heteroatoms. The lowest BCUT2D eigenvalue weighted by molar-refractivity contribution is 0.0975. The van der Waals surface area contributed by atoms with Crippen LogP contribution in [-0.4, -0.2) is 32.0 Å². The van der Waals surface area contributed by atoms with Crippen LogP contribution in [0.15, 0.2) is 18.2 Å². The van der Waals surface area contributed by atoms with Gasteiger partial charge >= 0.3 is 0 Å². The van der Waals surface area contributed by atoms with Crippen molar-refractivity contribution in [2.45, 2.75) is 13.5 Å². The molecule has 0 bridgehead atoms. The first-order valence-electron chi connectivity index (χ1n) is 6.48. The lowest BCUT2D eigenvalue weighted by Crippen LogP contribution is -2.22. The smallest absolute Gasteiger partial charge is 0.198 e. The quantitative estimate of drug-likeness (QED) is 0.539. The van der Waals surface area contributed by atoms with E-state index in [9.17, 15) is 30.0 Å². The topological polar surface area (TPSA) is 115 Å². The van der Waals surface area contributed by atoms with Crippen LogP contribution in [-0.2, 0) is 6.61 Å². The zero-order valence-corrected chi connectivity index (χ0v) is 11.5. The van der Waals surface area contributed by atoms with Crippen LogP contribution in [0, 0.1) is 6.92 Å². The first-order chi connectivity index (χ1) is 10.4. The molecule has 4 N–H and O–H groups in total. The van der Waals surface area contributed by atoms with Crippen molar-refractivity contribution in [2.24, 2.45) is 0 Å². The number of carbonyl (C=O) groups excluding carboxylic acids is 2. The number of aryl methyl sites for hydroxylation is 1. The summed E-state index contributed by atoms with van der Waals surface area (Å²) < 4.78 is 0. The Hall–Kier alpha value is -2.86. The molecular weight excluding hydrogens is 288 g/mol. The maximum atomic E-state index is 12.6. The third-order valence-electron chi connectivity index (χ3n) is 3.80. The summed E-state index contributed by atoms with van der Waals surface area (Å²) in [5.41, 5.74) is -0.0922. The third-order valence-corrected chi connectivity index (χ3v) is 3.80. The number of hydrogen-bond acceptors (Lipinski definition) is 6. The number of hydrogen-bond donors (Lipinski definition) is 4. The van der Waals surface area contributed by atoms with E-state index in [1.54, 1.807) is 6.92 Å². The molecule has 0 amide bonds. The first kappa shape index (κ1) is 14.1. The summed E-state index contributed by atoms with van der Waals surface area (Å²) in [6, 6.07) is 3.57. The number of phenols is 3. The van der Waals surface area contributed by atoms with E-state index < -0.39 is 29.7 Å². The van der Waals surface area contributed by atoms with E-state index in [0.717, 1.165) is 6.07 Å². The van der Waals surface area contributed by atoms with E-state index in [1.807, 2.05) is 0 Å². The van der Waals surface area contributed by atoms with E-state index in [0.29, 0.717) is 5.56 Å². The van der Waals surface area contributed by atoms with Crippen molar-refractivity contribution in [3.63, 3.8) is 0 Å². The predicted molar refractivity (Wildman–Crippen MR) is 75.4 cm³/mol. The van der Waals surface area contributed by atoms with E-state index in [-0.39, 0.29) is 33.6 Å². The minimum atomic E-state index is -0.673. The van der Waals surface area contributed by atoms with Crippen LogP contribution in [0.1, 0.15) is 43.0 Å². The maximum Gasteiger partial charge on any atom is 0.198 e. The number of aliphatic hydroxyl groups is 1. The Balaban J connectivity index is 2.39. The Labute approximate surface area is 124 Å². The lowest BCUT2D eigenvalue weighted by atomic mass is 9.80. The number of aromatic hydroxyl groups is 3. The summed E-state index contributed by atoms with van der Waals surface area (Å²) in [6.07, 6.45) is 0. The number of ketones is 2. The zero-order chi connectivity index (χ0) is 16.2. The Bertz CT molecular complexity index is 850. The van der Waals surface area contributed by atoms with Crippen LogP contribution in [0.4, 0.5) is 0 Å². The molecule has 22 heavy (non-hydrogen) atoms. The molecule has 0 saturated carbocycles. The van der Waals surface area contributed by atoms with Crippen molar-refractivity contribution in [3.05, 3.63) is 51.6 Å². The molecule has 1 aliphatic carbocycles. The molecule has 0 heterocycles. The van der Waals surface area contributed by atoms with Gasteiger partial charge in [0.25, 0.3) is 0 Å². The van der Waals surface area contributed by atoms with Gasteiger partial charge in [-0.05, 0) is 30.7 Å². The number of rotatable bonds is 1. The van der Waals surface area contributed by atoms with Crippen LogP contribution in [0.3, 0.4) is 0 Å². The normalized spacial score (nSPS) is 13.0. The Morgan fingerprint density at radius 3 is 2.18 bits per heavy atom. The van der Waals surface area contributed by atoms with Crippen LogP contribution in [0.25, 0.3) is 0 Å². The molecular formula is C16H12O6. The zero-order valence-electron chi connectivity index (χ0n) is 11.5. The molecule has 1 aliphatic rings. The summed E-state index contributed by atoms with van der Waals surface area (Å²) in [5, 5.41) is 38.7. The van der Waals surface area contributed by atoms with Gasteiger partial charge in [0.2, 0.25) is 0 Å². The first-order valence-corrected chi connectivity index (χ1v) is 6.48. The minimum absolute atomic E-state index is 0.0190. The van der Waals surface area contributed by atoms with Crippen molar-refractivity contribution in [2.75, 3.05) is 0 Å². The molecule has 2 aromatic carbocycles. The number of benzene rings is 2. The highest BCUT2D eigenvalue weighted by Crippen LogP contribution is 2.40. The van der Waals surface area contributed by atoms with Crippen LogP contribution in [0.2, 0.25) is 0 Å². The average Bonchev–Trinajstić information content (AvgIpc) is 2.43. The van der Waals surface area contributed by atoms with Crippen molar-refractivity contribution in [1.82, 2.24) is 0 Å². The van der Waals surface area contributed by atoms with Crippen molar-refractivity contribution >= 4 is 11.6 Å². The molecule has 0 aliphatic heterocycles. The summed E-state index contributed by atoms with van der Waals surface area (Å²) in [6.45, 7) is 0.896. The van der Waals surface area contributed by atoms with E-state index in [1.165, 1.54) is 12.1 Å². The van der Waals surface area contributed by atoms with E-state index in [4.69, 9.17) is 0 Å². The van der Waals surface area contributed by atoms with Crippen LogP contribution in [0.5, 0.6) is 17.2 Å². The standard InChI is InChI=1S/C16H12O6/c1-6-2-7(18)3-8-12(6)16(22)13-9(14(8)20)4-11(19)10(5-17)15(13)21/h2-4,17-19,21H,5H2,1H3. The molecule has 0 atom stereocenters. The van der Waals surface area contributed by atoms with Crippen LogP contribution < -0.4 is 0 Å². The Kier molecular flexibility index (Phi) is 2.93. The number of fused-ring (bicyclic) bond motifs is 2. The number of phenolic OH excluding ortho intramolecular Hbond substituents is 1. The van der Waals surface area contributed by atoms with Gasteiger partial charge in [0.15, 0.2) is 11.6 Å². The van der Waals surface area contributed by atoms with Crippen molar-refractivity contribution in [3.8, 4) is 17.2 Å². The van der Waals surface area contributed by atoms with Gasteiger partial charge in [0.05, 0.1) is 17.7 Å². The SMILES string of the molecule is Cc1cc(O)cc2c1C(=O)c1c(cc(O)c(CO)c1O)C2=O. The molecule has 112 valence electrons. The Morgan fingerprint density at radius 2 is 1.55 bits per heavy atom. The third kappa shape index (κ3) is 1.71. The highest BCUT2D eigenvalue weighted by Gasteiger charge is 2.35. The maximum absolute atomic E-state index is 12.6. The molecule has 2 aromatic rings. The van der Waals surface area contributed by atoms with Gasteiger partial charge in [-0.3, -0.25) is 9.59 Å². The molecule has 0 radical (unpaired) electrons. The van der Waals surface area contributed by atoms with Crippen LogP contribution >= 0.6 is 0 Å². The molecule has 0 spiro atoms. The second kappa shape index (κ2) is 4.57. The monoisotopic (exact) mass is 300 g/mol. The summed E-state index contributed by atoms with van der Waals surface area (Å²) >= 11 is 0. The van der Waals surface area contributed by atoms with Gasteiger partial charge in [0, 0.05) is 16.7 Å².